The minimum atomic E-state index is 0.325. The van der Waals surface area contributed by atoms with Crippen LogP contribution in [0.15, 0.2) is 29.8 Å². The van der Waals surface area contributed by atoms with Crippen molar-refractivity contribution in [3.8, 4) is 11.5 Å². The average Bonchev–Trinajstić information content (AvgIpc) is 3.05. The van der Waals surface area contributed by atoms with Crippen LogP contribution in [0.3, 0.4) is 0 Å². The summed E-state index contributed by atoms with van der Waals surface area (Å²) in [4.78, 5) is 4.25. The molecule has 1 aliphatic heterocycles. The quantitative estimate of drug-likeness (QED) is 0.839. The molecule has 0 aliphatic carbocycles. The second-order valence-electron chi connectivity index (χ2n) is 4.00. The lowest BCUT2D eigenvalue weighted by atomic mass is 10.2. The second kappa shape index (κ2) is 5.37. The summed E-state index contributed by atoms with van der Waals surface area (Å²) < 4.78 is 10.8. The maximum atomic E-state index is 5.46. The van der Waals surface area contributed by atoms with Crippen LogP contribution in [0.5, 0.6) is 11.5 Å². The third-order valence-electron chi connectivity index (χ3n) is 2.79. The molecule has 0 unspecified atom stereocenters. The Morgan fingerprint density at radius 2 is 2.33 bits per heavy atom. The first kappa shape index (κ1) is 11.5. The predicted octanol–water partition coefficient (Wildman–Crippen LogP) is 2.20. The number of nitrogens with zero attached hydrogens (tertiary/aromatic N) is 1. The van der Waals surface area contributed by atoms with Crippen molar-refractivity contribution in [2.75, 3.05) is 13.3 Å². The predicted molar refractivity (Wildman–Crippen MR) is 70.1 cm³/mol. The van der Waals surface area contributed by atoms with E-state index in [1.54, 1.807) is 11.3 Å². The molecule has 2 heterocycles. The Morgan fingerprint density at radius 3 is 3.22 bits per heavy atom. The van der Waals surface area contributed by atoms with Gasteiger partial charge in [0.25, 0.3) is 0 Å². The van der Waals surface area contributed by atoms with Crippen molar-refractivity contribution in [3.05, 3.63) is 40.3 Å². The summed E-state index contributed by atoms with van der Waals surface area (Å²) in [7, 11) is 0. The van der Waals surface area contributed by atoms with Crippen molar-refractivity contribution in [2.45, 2.75) is 13.0 Å². The van der Waals surface area contributed by atoms with E-state index in [2.05, 4.69) is 16.4 Å². The van der Waals surface area contributed by atoms with E-state index in [0.717, 1.165) is 36.6 Å². The van der Waals surface area contributed by atoms with Gasteiger partial charge in [-0.15, -0.1) is 11.3 Å². The van der Waals surface area contributed by atoms with Crippen molar-refractivity contribution < 1.29 is 9.47 Å². The van der Waals surface area contributed by atoms with E-state index in [0.29, 0.717) is 6.79 Å². The highest BCUT2D eigenvalue weighted by Crippen LogP contribution is 2.35. The number of fused-ring (bicyclic) bond motifs is 1. The largest absolute Gasteiger partial charge is 0.454 e. The Kier molecular flexibility index (Phi) is 3.43. The first-order chi connectivity index (χ1) is 8.93. The topological polar surface area (TPSA) is 43.4 Å². The third-order valence-corrected chi connectivity index (χ3v) is 3.63. The maximum Gasteiger partial charge on any atom is 0.231 e. The lowest BCUT2D eigenvalue weighted by Crippen LogP contribution is -2.16. The maximum absolute atomic E-state index is 5.46. The van der Waals surface area contributed by atoms with E-state index < -0.39 is 0 Å². The summed E-state index contributed by atoms with van der Waals surface area (Å²) in [6.45, 7) is 2.03. The van der Waals surface area contributed by atoms with Crippen LogP contribution in [-0.2, 0) is 13.0 Å². The molecular weight excluding hydrogens is 248 g/mol. The minimum absolute atomic E-state index is 0.325. The Bertz CT molecular complexity index is 514. The lowest BCUT2D eigenvalue weighted by Gasteiger charge is -2.06. The smallest absolute Gasteiger partial charge is 0.231 e. The number of thiazole rings is 1. The molecule has 0 amide bonds. The van der Waals surface area contributed by atoms with Gasteiger partial charge < -0.3 is 14.8 Å². The molecule has 5 heteroatoms. The highest BCUT2D eigenvalue weighted by atomic mass is 32.1. The molecule has 4 nitrogen and oxygen atoms in total. The highest BCUT2D eigenvalue weighted by Gasteiger charge is 2.16. The van der Waals surface area contributed by atoms with Crippen LogP contribution in [-0.4, -0.2) is 18.3 Å². The standard InChI is InChI=1S/C13H14N2O2S/c1-2-10(13-11(3-1)16-9-17-13)8-14-5-4-12-15-6-7-18-12/h1-3,6-7,14H,4-5,8-9H2. The zero-order valence-electron chi connectivity index (χ0n) is 9.89. The average molecular weight is 262 g/mol. The Morgan fingerprint density at radius 1 is 1.33 bits per heavy atom. The van der Waals surface area contributed by atoms with Crippen molar-refractivity contribution in [2.24, 2.45) is 0 Å². The summed E-state index contributed by atoms with van der Waals surface area (Å²) in [6, 6.07) is 5.98. The molecule has 2 aromatic rings. The fraction of sp³-hybridized carbons (Fsp3) is 0.308. The molecule has 0 atom stereocenters. The molecule has 1 aliphatic rings. The molecule has 0 saturated carbocycles. The van der Waals surface area contributed by atoms with Gasteiger partial charge in [-0.05, 0) is 6.07 Å². The number of hydrogen-bond acceptors (Lipinski definition) is 5. The first-order valence-corrected chi connectivity index (χ1v) is 6.78. The van der Waals surface area contributed by atoms with Gasteiger partial charge in [-0.25, -0.2) is 4.98 Å². The number of benzene rings is 1. The van der Waals surface area contributed by atoms with Crippen molar-refractivity contribution in [1.29, 1.82) is 0 Å². The third kappa shape index (κ3) is 2.47. The van der Waals surface area contributed by atoms with Gasteiger partial charge in [0.05, 0.1) is 5.01 Å². The number of nitrogens with one attached hydrogen (secondary N) is 1. The molecule has 1 aromatic carbocycles. The van der Waals surface area contributed by atoms with E-state index >= 15 is 0 Å². The van der Waals surface area contributed by atoms with Gasteiger partial charge in [-0.2, -0.15) is 0 Å². The SMILES string of the molecule is c1cc(CNCCc2nccs2)c2c(c1)OCO2. The number of rotatable bonds is 5. The van der Waals surface area contributed by atoms with E-state index in [9.17, 15) is 0 Å². The van der Waals surface area contributed by atoms with E-state index in [-0.39, 0.29) is 0 Å². The fourth-order valence-corrected chi connectivity index (χ4v) is 2.55. The molecule has 1 aromatic heterocycles. The fourth-order valence-electron chi connectivity index (χ4n) is 1.92. The molecule has 3 rings (SSSR count). The number of para-hydroxylation sites is 1. The van der Waals surface area contributed by atoms with Gasteiger partial charge in [0.1, 0.15) is 0 Å². The van der Waals surface area contributed by atoms with Gasteiger partial charge in [-0.1, -0.05) is 12.1 Å². The van der Waals surface area contributed by atoms with Crippen LogP contribution < -0.4 is 14.8 Å². The van der Waals surface area contributed by atoms with E-state index in [4.69, 9.17) is 9.47 Å². The summed E-state index contributed by atoms with van der Waals surface area (Å²) in [5, 5.41) is 6.57. The molecule has 18 heavy (non-hydrogen) atoms. The van der Waals surface area contributed by atoms with Crippen LogP contribution in [0, 0.1) is 0 Å². The zero-order valence-corrected chi connectivity index (χ0v) is 10.7. The van der Waals surface area contributed by atoms with Gasteiger partial charge >= 0.3 is 0 Å². The molecule has 0 spiro atoms. The molecular formula is C13H14N2O2S. The molecule has 0 bridgehead atoms. The summed E-state index contributed by atoms with van der Waals surface area (Å²) in [5.74, 6) is 1.72. The molecule has 94 valence electrons. The normalized spacial score (nSPS) is 12.9. The Balaban J connectivity index is 1.53. The monoisotopic (exact) mass is 262 g/mol. The number of hydrogen-bond donors (Lipinski definition) is 1. The Labute approximate surface area is 110 Å². The van der Waals surface area contributed by atoms with Gasteiger partial charge in [0.2, 0.25) is 6.79 Å². The van der Waals surface area contributed by atoms with Gasteiger partial charge in [0, 0.05) is 36.7 Å². The molecule has 0 saturated heterocycles. The van der Waals surface area contributed by atoms with Crippen LogP contribution in [0.25, 0.3) is 0 Å². The Hall–Kier alpha value is -1.59. The first-order valence-electron chi connectivity index (χ1n) is 5.90. The molecule has 0 fully saturated rings. The van der Waals surface area contributed by atoms with Crippen molar-refractivity contribution in [3.63, 3.8) is 0 Å². The van der Waals surface area contributed by atoms with Gasteiger partial charge in [-0.3, -0.25) is 0 Å². The molecule has 0 radical (unpaired) electrons. The summed E-state index contributed by atoms with van der Waals surface area (Å²) in [5.41, 5.74) is 1.14. The summed E-state index contributed by atoms with van der Waals surface area (Å²) >= 11 is 1.69. The lowest BCUT2D eigenvalue weighted by molar-refractivity contribution is 0.173. The van der Waals surface area contributed by atoms with Crippen LogP contribution in [0.4, 0.5) is 0 Å². The second-order valence-corrected chi connectivity index (χ2v) is 4.98. The minimum Gasteiger partial charge on any atom is -0.454 e. The van der Waals surface area contributed by atoms with E-state index in [1.807, 2.05) is 23.7 Å². The highest BCUT2D eigenvalue weighted by molar-refractivity contribution is 7.09. The van der Waals surface area contributed by atoms with Crippen LogP contribution in [0.1, 0.15) is 10.6 Å². The van der Waals surface area contributed by atoms with Gasteiger partial charge in [0.15, 0.2) is 11.5 Å². The number of aromatic nitrogens is 1. The summed E-state index contributed by atoms with van der Waals surface area (Å²) in [6.07, 6.45) is 2.80. The zero-order chi connectivity index (χ0) is 12.2. The van der Waals surface area contributed by atoms with Crippen molar-refractivity contribution in [1.82, 2.24) is 10.3 Å². The van der Waals surface area contributed by atoms with Crippen LogP contribution in [0.2, 0.25) is 0 Å². The molecule has 1 N–H and O–H groups in total. The van der Waals surface area contributed by atoms with E-state index in [1.165, 1.54) is 5.01 Å². The number of ether oxygens (including phenoxy) is 2. The van der Waals surface area contributed by atoms with Crippen LogP contribution >= 0.6 is 11.3 Å². The van der Waals surface area contributed by atoms with Crippen molar-refractivity contribution >= 4 is 11.3 Å².